The number of ether oxygens (including phenoxy) is 2. The number of hydrogen-bond donors (Lipinski definition) is 1. The van der Waals surface area contributed by atoms with Crippen molar-refractivity contribution in [3.63, 3.8) is 0 Å². The summed E-state index contributed by atoms with van der Waals surface area (Å²) in [5, 5.41) is 11.8. The lowest BCUT2D eigenvalue weighted by molar-refractivity contribution is -0.180. The number of esters is 2. The Bertz CT molecular complexity index is 850. The number of carbonyl (C=O) groups excluding carboxylic acids is 2. The van der Waals surface area contributed by atoms with Crippen LogP contribution >= 0.6 is 0 Å². The van der Waals surface area contributed by atoms with Crippen LogP contribution in [0, 0.1) is 17.3 Å². The zero-order valence-electron chi connectivity index (χ0n) is 14.4. The Labute approximate surface area is 150 Å². The van der Waals surface area contributed by atoms with Gasteiger partial charge < -0.3 is 19.0 Å². The van der Waals surface area contributed by atoms with Crippen LogP contribution in [0.4, 0.5) is 0 Å². The van der Waals surface area contributed by atoms with Crippen LogP contribution in [0.3, 0.4) is 0 Å². The third-order valence-corrected chi connectivity index (χ3v) is 6.74. The van der Waals surface area contributed by atoms with E-state index in [1.165, 1.54) is 0 Å². The van der Waals surface area contributed by atoms with Gasteiger partial charge in [-0.25, -0.2) is 4.79 Å². The van der Waals surface area contributed by atoms with Gasteiger partial charge in [0.2, 0.25) is 0 Å². The Morgan fingerprint density at radius 3 is 2.92 bits per heavy atom. The molecule has 0 spiro atoms. The molecule has 0 aromatic carbocycles. The van der Waals surface area contributed by atoms with Crippen molar-refractivity contribution in [2.45, 2.75) is 37.9 Å². The standard InChI is InChI=1S/C20H20O6/c1-19-8-14(11-5-7-24-9-11)26-18(22)16(19)12-10-25-17(21)15(12)13-4-2-3-6-20(13,19)23/h2,4-5,7,9,13-15,23H,3,6,8,10H2,1H3/t13?,14?,15?,19-,20-/m0/s1. The van der Waals surface area contributed by atoms with Crippen molar-refractivity contribution in [1.29, 1.82) is 0 Å². The summed E-state index contributed by atoms with van der Waals surface area (Å²) in [5.41, 5.74) is -0.136. The topological polar surface area (TPSA) is 86.0 Å². The molecule has 1 aromatic rings. The smallest absolute Gasteiger partial charge is 0.335 e. The van der Waals surface area contributed by atoms with E-state index in [1.807, 2.05) is 19.1 Å². The molecule has 5 rings (SSSR count). The highest BCUT2D eigenvalue weighted by Crippen LogP contribution is 2.62. The van der Waals surface area contributed by atoms with Gasteiger partial charge in [-0.2, -0.15) is 0 Å². The summed E-state index contributed by atoms with van der Waals surface area (Å²) in [4.78, 5) is 25.4. The summed E-state index contributed by atoms with van der Waals surface area (Å²) in [5.74, 6) is -1.82. The molecule has 0 amide bonds. The average Bonchev–Trinajstić information content (AvgIpc) is 3.25. The van der Waals surface area contributed by atoms with Crippen LogP contribution in [-0.2, 0) is 19.1 Å². The lowest BCUT2D eigenvalue weighted by Crippen LogP contribution is -2.62. The van der Waals surface area contributed by atoms with Crippen molar-refractivity contribution in [3.8, 4) is 0 Å². The first-order valence-electron chi connectivity index (χ1n) is 8.98. The van der Waals surface area contributed by atoms with Gasteiger partial charge in [0.1, 0.15) is 12.7 Å². The fraction of sp³-hybridized carbons (Fsp3) is 0.500. The molecule has 1 N–H and O–H groups in total. The number of carbonyl (C=O) groups is 2. The normalized spacial score (nSPS) is 41.2. The van der Waals surface area contributed by atoms with E-state index in [2.05, 4.69) is 0 Å². The fourth-order valence-corrected chi connectivity index (χ4v) is 5.42. The second kappa shape index (κ2) is 5.10. The Morgan fingerprint density at radius 2 is 2.15 bits per heavy atom. The Morgan fingerprint density at radius 1 is 1.31 bits per heavy atom. The molecule has 0 radical (unpaired) electrons. The van der Waals surface area contributed by atoms with Gasteiger partial charge in [-0.3, -0.25) is 4.79 Å². The second-order valence-electron chi connectivity index (χ2n) is 7.89. The van der Waals surface area contributed by atoms with Gasteiger partial charge in [-0.1, -0.05) is 19.1 Å². The SMILES string of the molecule is C[C@]12CC(c3ccoc3)OC(=O)C1=C1COC(=O)C1C1C=CCC[C@]12O. The number of aliphatic hydroxyl groups is 1. The monoisotopic (exact) mass is 356 g/mol. The zero-order valence-corrected chi connectivity index (χ0v) is 14.4. The van der Waals surface area contributed by atoms with Crippen molar-refractivity contribution in [2.24, 2.45) is 17.3 Å². The molecule has 6 heteroatoms. The van der Waals surface area contributed by atoms with Crippen LogP contribution in [0.15, 0.2) is 46.3 Å². The van der Waals surface area contributed by atoms with E-state index < -0.39 is 29.0 Å². The number of hydrogen-bond acceptors (Lipinski definition) is 6. The summed E-state index contributed by atoms with van der Waals surface area (Å²) in [6.07, 6.45) is 8.20. The first kappa shape index (κ1) is 15.9. The van der Waals surface area contributed by atoms with Gasteiger partial charge in [0, 0.05) is 28.9 Å². The number of cyclic esters (lactones) is 2. The van der Waals surface area contributed by atoms with E-state index in [0.29, 0.717) is 30.4 Å². The third kappa shape index (κ3) is 1.80. The van der Waals surface area contributed by atoms with Crippen molar-refractivity contribution < 1.29 is 28.6 Å². The van der Waals surface area contributed by atoms with E-state index in [-0.39, 0.29) is 18.5 Å². The van der Waals surface area contributed by atoms with Gasteiger partial charge in [-0.15, -0.1) is 0 Å². The van der Waals surface area contributed by atoms with Gasteiger partial charge in [0.25, 0.3) is 0 Å². The first-order valence-corrected chi connectivity index (χ1v) is 8.98. The van der Waals surface area contributed by atoms with Crippen molar-refractivity contribution in [1.82, 2.24) is 0 Å². The largest absolute Gasteiger partial charge is 0.472 e. The second-order valence-corrected chi connectivity index (χ2v) is 7.89. The van der Waals surface area contributed by atoms with Crippen LogP contribution in [0.1, 0.15) is 37.9 Å². The minimum Gasteiger partial charge on any atom is -0.472 e. The summed E-state index contributed by atoms with van der Waals surface area (Å²) in [7, 11) is 0. The molecule has 2 saturated heterocycles. The van der Waals surface area contributed by atoms with E-state index in [9.17, 15) is 14.7 Å². The van der Waals surface area contributed by atoms with Crippen LogP contribution in [-0.4, -0.2) is 29.3 Å². The van der Waals surface area contributed by atoms with Gasteiger partial charge in [0.05, 0.1) is 24.0 Å². The lowest BCUT2D eigenvalue weighted by Gasteiger charge is -2.57. The molecule has 3 unspecified atom stereocenters. The van der Waals surface area contributed by atoms with Crippen LogP contribution in [0.5, 0.6) is 0 Å². The quantitative estimate of drug-likeness (QED) is 0.614. The molecule has 2 aliphatic heterocycles. The van der Waals surface area contributed by atoms with E-state index >= 15 is 0 Å². The lowest BCUT2D eigenvalue weighted by atomic mass is 9.49. The molecule has 2 fully saturated rings. The Kier molecular flexibility index (Phi) is 3.11. The number of fused-ring (bicyclic) bond motifs is 5. The van der Waals surface area contributed by atoms with Gasteiger partial charge in [0.15, 0.2) is 0 Å². The molecular formula is C20H20O6. The average molecular weight is 356 g/mol. The minimum absolute atomic E-state index is 0.0975. The Balaban J connectivity index is 1.71. The summed E-state index contributed by atoms with van der Waals surface area (Å²) in [6, 6.07) is 1.77. The highest BCUT2D eigenvalue weighted by Gasteiger charge is 2.66. The molecule has 4 aliphatic rings. The summed E-state index contributed by atoms with van der Waals surface area (Å²) in [6.45, 7) is 2.02. The molecule has 2 aliphatic carbocycles. The van der Waals surface area contributed by atoms with Crippen LogP contribution in [0.2, 0.25) is 0 Å². The molecular weight excluding hydrogens is 336 g/mol. The maximum atomic E-state index is 13.0. The molecule has 136 valence electrons. The highest BCUT2D eigenvalue weighted by molar-refractivity contribution is 5.96. The molecule has 0 saturated carbocycles. The maximum absolute atomic E-state index is 13.0. The predicted molar refractivity (Wildman–Crippen MR) is 88.6 cm³/mol. The van der Waals surface area contributed by atoms with E-state index in [0.717, 1.165) is 5.56 Å². The summed E-state index contributed by atoms with van der Waals surface area (Å²) < 4.78 is 16.1. The van der Waals surface area contributed by atoms with Gasteiger partial charge >= 0.3 is 11.9 Å². The van der Waals surface area contributed by atoms with Crippen LogP contribution in [0.25, 0.3) is 0 Å². The molecule has 3 heterocycles. The van der Waals surface area contributed by atoms with E-state index in [1.54, 1.807) is 18.6 Å². The van der Waals surface area contributed by atoms with Crippen molar-refractivity contribution >= 4 is 11.9 Å². The summed E-state index contributed by atoms with van der Waals surface area (Å²) >= 11 is 0. The fourth-order valence-electron chi connectivity index (χ4n) is 5.42. The molecule has 26 heavy (non-hydrogen) atoms. The predicted octanol–water partition coefficient (Wildman–Crippen LogP) is 2.45. The minimum atomic E-state index is -1.20. The Hall–Kier alpha value is -2.34. The number of allylic oxidation sites excluding steroid dienone is 1. The van der Waals surface area contributed by atoms with Crippen LogP contribution < -0.4 is 0 Å². The molecule has 6 nitrogen and oxygen atoms in total. The van der Waals surface area contributed by atoms with Crippen molar-refractivity contribution in [3.05, 3.63) is 47.5 Å². The van der Waals surface area contributed by atoms with Gasteiger partial charge in [-0.05, 0) is 24.5 Å². The highest BCUT2D eigenvalue weighted by atomic mass is 16.6. The first-order chi connectivity index (χ1) is 12.5. The molecule has 0 bridgehead atoms. The maximum Gasteiger partial charge on any atom is 0.335 e. The van der Waals surface area contributed by atoms with E-state index in [4.69, 9.17) is 13.9 Å². The van der Waals surface area contributed by atoms with Crippen molar-refractivity contribution in [2.75, 3.05) is 6.61 Å². The number of furan rings is 1. The molecule has 5 atom stereocenters. The number of rotatable bonds is 1. The third-order valence-electron chi connectivity index (χ3n) is 6.74. The molecule has 1 aromatic heterocycles. The zero-order chi connectivity index (χ0) is 18.1.